The van der Waals surface area contributed by atoms with Crippen LogP contribution >= 0.6 is 0 Å². The molecule has 0 aromatic heterocycles. The second kappa shape index (κ2) is 3.65. The van der Waals surface area contributed by atoms with E-state index < -0.39 is 0 Å². The van der Waals surface area contributed by atoms with Crippen LogP contribution in [0, 0.1) is 11.3 Å². The molecule has 74 valence electrons. The summed E-state index contributed by atoms with van der Waals surface area (Å²) in [4.78, 5) is 2.11. The standard InChI is InChI=1S/C10H18N2O/c1-8(2)12(6-9(3)13)10(7-11)4-5-10/h8-9,13H,4-6H2,1-3H3. The zero-order chi connectivity index (χ0) is 10.1. The van der Waals surface area contributed by atoms with E-state index >= 15 is 0 Å². The summed E-state index contributed by atoms with van der Waals surface area (Å²) in [7, 11) is 0. The Morgan fingerprint density at radius 3 is 2.23 bits per heavy atom. The molecule has 0 aliphatic heterocycles. The highest BCUT2D eigenvalue weighted by Gasteiger charge is 2.49. The van der Waals surface area contributed by atoms with Gasteiger partial charge < -0.3 is 5.11 Å². The molecule has 0 heterocycles. The van der Waals surface area contributed by atoms with Gasteiger partial charge in [-0.3, -0.25) is 4.90 Å². The quantitative estimate of drug-likeness (QED) is 0.709. The van der Waals surface area contributed by atoms with Crippen molar-refractivity contribution < 1.29 is 5.11 Å². The minimum Gasteiger partial charge on any atom is -0.392 e. The average molecular weight is 182 g/mol. The molecule has 0 saturated heterocycles. The van der Waals surface area contributed by atoms with E-state index in [-0.39, 0.29) is 11.6 Å². The van der Waals surface area contributed by atoms with Crippen molar-refractivity contribution in [2.24, 2.45) is 0 Å². The first-order chi connectivity index (χ1) is 6.02. The SMILES string of the molecule is CC(O)CN(C(C)C)C1(C#N)CC1. The molecule has 1 aliphatic rings. The highest BCUT2D eigenvalue weighted by Crippen LogP contribution is 2.42. The number of rotatable bonds is 4. The number of aliphatic hydroxyl groups is 1. The molecule has 1 N–H and O–H groups in total. The molecule has 0 radical (unpaired) electrons. The minimum absolute atomic E-state index is 0.259. The predicted octanol–water partition coefficient (Wildman–Crippen LogP) is 1.13. The Labute approximate surface area is 80.0 Å². The summed E-state index contributed by atoms with van der Waals surface area (Å²) in [5.41, 5.74) is -0.259. The molecule has 0 amide bonds. The Kier molecular flexibility index (Phi) is 2.94. The van der Waals surface area contributed by atoms with Gasteiger partial charge in [0.15, 0.2) is 0 Å². The Hall–Kier alpha value is -0.590. The largest absolute Gasteiger partial charge is 0.392 e. The second-order valence-corrected chi connectivity index (χ2v) is 4.24. The van der Waals surface area contributed by atoms with E-state index in [1.54, 1.807) is 6.92 Å². The monoisotopic (exact) mass is 182 g/mol. The number of nitriles is 1. The van der Waals surface area contributed by atoms with Gasteiger partial charge in [-0.25, -0.2) is 0 Å². The molecule has 1 unspecified atom stereocenters. The number of nitrogens with zero attached hydrogens (tertiary/aromatic N) is 2. The highest BCUT2D eigenvalue weighted by molar-refractivity contribution is 5.19. The summed E-state index contributed by atoms with van der Waals surface area (Å²) in [5.74, 6) is 0. The van der Waals surface area contributed by atoms with Gasteiger partial charge in [0.25, 0.3) is 0 Å². The van der Waals surface area contributed by atoms with Crippen molar-refractivity contribution in [3.05, 3.63) is 0 Å². The topological polar surface area (TPSA) is 47.3 Å². The molecular weight excluding hydrogens is 164 g/mol. The molecule has 1 saturated carbocycles. The van der Waals surface area contributed by atoms with Gasteiger partial charge in [0, 0.05) is 12.6 Å². The lowest BCUT2D eigenvalue weighted by atomic mass is 10.1. The molecule has 1 fully saturated rings. The Morgan fingerprint density at radius 2 is 2.00 bits per heavy atom. The molecule has 0 aromatic carbocycles. The fourth-order valence-corrected chi connectivity index (χ4v) is 1.75. The van der Waals surface area contributed by atoms with Crippen molar-refractivity contribution >= 4 is 0 Å². The van der Waals surface area contributed by atoms with Crippen LogP contribution in [-0.2, 0) is 0 Å². The Bertz CT molecular complexity index is 213. The molecule has 3 heteroatoms. The fraction of sp³-hybridized carbons (Fsp3) is 0.900. The first kappa shape index (κ1) is 10.5. The molecule has 1 atom stereocenters. The predicted molar refractivity (Wildman–Crippen MR) is 51.1 cm³/mol. The summed E-state index contributed by atoms with van der Waals surface area (Å²) in [6, 6.07) is 2.68. The normalized spacial score (nSPS) is 21.6. The van der Waals surface area contributed by atoms with Gasteiger partial charge in [-0.2, -0.15) is 5.26 Å². The lowest BCUT2D eigenvalue weighted by Crippen LogP contribution is -2.45. The van der Waals surface area contributed by atoms with Crippen LogP contribution in [0.5, 0.6) is 0 Å². The summed E-state index contributed by atoms with van der Waals surface area (Å²) in [5, 5.41) is 18.3. The second-order valence-electron chi connectivity index (χ2n) is 4.24. The van der Waals surface area contributed by atoms with Gasteiger partial charge in [-0.05, 0) is 33.6 Å². The number of β-amino-alcohol motifs (C(OH)–C–C–N with tert-alkyl or cyclic N) is 1. The van der Waals surface area contributed by atoms with E-state index in [9.17, 15) is 5.11 Å². The number of aliphatic hydroxyl groups excluding tert-OH is 1. The van der Waals surface area contributed by atoms with Crippen LogP contribution in [0.3, 0.4) is 0 Å². The number of hydrogen-bond acceptors (Lipinski definition) is 3. The van der Waals surface area contributed by atoms with E-state index in [4.69, 9.17) is 5.26 Å². The third-order valence-corrected chi connectivity index (χ3v) is 2.57. The van der Waals surface area contributed by atoms with Crippen LogP contribution < -0.4 is 0 Å². The summed E-state index contributed by atoms with van der Waals surface area (Å²) in [6.45, 7) is 6.51. The fourth-order valence-electron chi connectivity index (χ4n) is 1.75. The molecule has 0 aromatic rings. The Balaban J connectivity index is 2.64. The van der Waals surface area contributed by atoms with Crippen molar-refractivity contribution in [3.63, 3.8) is 0 Å². The smallest absolute Gasteiger partial charge is 0.109 e. The molecule has 0 bridgehead atoms. The summed E-state index contributed by atoms with van der Waals surface area (Å²) >= 11 is 0. The lowest BCUT2D eigenvalue weighted by molar-refractivity contribution is 0.0833. The molecule has 0 spiro atoms. The Morgan fingerprint density at radius 1 is 1.46 bits per heavy atom. The van der Waals surface area contributed by atoms with Gasteiger partial charge >= 0.3 is 0 Å². The van der Waals surface area contributed by atoms with Crippen LogP contribution in [0.1, 0.15) is 33.6 Å². The molecule has 3 nitrogen and oxygen atoms in total. The van der Waals surface area contributed by atoms with Crippen LogP contribution in [0.15, 0.2) is 0 Å². The van der Waals surface area contributed by atoms with Crippen molar-refractivity contribution in [2.45, 2.75) is 51.3 Å². The van der Waals surface area contributed by atoms with Crippen molar-refractivity contribution in [3.8, 4) is 6.07 Å². The van der Waals surface area contributed by atoms with E-state index in [0.29, 0.717) is 12.6 Å². The summed E-state index contributed by atoms with van der Waals surface area (Å²) < 4.78 is 0. The lowest BCUT2D eigenvalue weighted by Gasteiger charge is -2.31. The molecule has 1 aliphatic carbocycles. The van der Waals surface area contributed by atoms with Crippen LogP contribution in [0.2, 0.25) is 0 Å². The maximum absolute atomic E-state index is 9.31. The average Bonchev–Trinajstić information content (AvgIpc) is 2.80. The van der Waals surface area contributed by atoms with E-state index in [1.807, 2.05) is 0 Å². The zero-order valence-electron chi connectivity index (χ0n) is 8.62. The first-order valence-electron chi connectivity index (χ1n) is 4.88. The van der Waals surface area contributed by atoms with Crippen LogP contribution in [-0.4, -0.2) is 34.2 Å². The third-order valence-electron chi connectivity index (χ3n) is 2.57. The molecule has 1 rings (SSSR count). The van der Waals surface area contributed by atoms with Gasteiger partial charge in [0.05, 0.1) is 12.2 Å². The molecular formula is C10H18N2O. The van der Waals surface area contributed by atoms with Gasteiger partial charge in [0.2, 0.25) is 0 Å². The van der Waals surface area contributed by atoms with Gasteiger partial charge in [-0.1, -0.05) is 0 Å². The third kappa shape index (κ3) is 2.20. The minimum atomic E-state index is -0.353. The van der Waals surface area contributed by atoms with Gasteiger partial charge in [-0.15, -0.1) is 0 Å². The maximum atomic E-state index is 9.31. The van der Waals surface area contributed by atoms with E-state index in [0.717, 1.165) is 12.8 Å². The zero-order valence-corrected chi connectivity index (χ0v) is 8.62. The van der Waals surface area contributed by atoms with Crippen molar-refractivity contribution in [2.75, 3.05) is 6.54 Å². The van der Waals surface area contributed by atoms with Crippen molar-refractivity contribution in [1.29, 1.82) is 5.26 Å². The molecule has 13 heavy (non-hydrogen) atoms. The maximum Gasteiger partial charge on any atom is 0.109 e. The first-order valence-corrected chi connectivity index (χ1v) is 4.88. The van der Waals surface area contributed by atoms with Gasteiger partial charge in [0.1, 0.15) is 5.54 Å². The highest BCUT2D eigenvalue weighted by atomic mass is 16.3. The van der Waals surface area contributed by atoms with Crippen LogP contribution in [0.25, 0.3) is 0 Å². The van der Waals surface area contributed by atoms with E-state index in [2.05, 4.69) is 24.8 Å². The summed E-state index contributed by atoms with van der Waals surface area (Å²) in [6.07, 6.45) is 1.55. The van der Waals surface area contributed by atoms with Crippen molar-refractivity contribution in [1.82, 2.24) is 4.90 Å². The van der Waals surface area contributed by atoms with E-state index in [1.165, 1.54) is 0 Å². The number of hydrogen-bond donors (Lipinski definition) is 1. The van der Waals surface area contributed by atoms with Crippen LogP contribution in [0.4, 0.5) is 0 Å².